The monoisotopic (exact) mass is 502 g/mol. The lowest BCUT2D eigenvalue weighted by atomic mass is 10.0. The summed E-state index contributed by atoms with van der Waals surface area (Å²) in [6, 6.07) is 22.7. The van der Waals surface area contributed by atoms with Gasteiger partial charge in [0.2, 0.25) is 0 Å². The first-order valence-electron chi connectivity index (χ1n) is 11.3. The molecule has 0 aliphatic rings. The number of aryl methyl sites for hydroxylation is 1. The Kier molecular flexibility index (Phi) is 6.12. The van der Waals surface area contributed by atoms with E-state index in [1.54, 1.807) is 50.4 Å². The van der Waals surface area contributed by atoms with Gasteiger partial charge in [0, 0.05) is 17.0 Å². The second-order valence-corrected chi connectivity index (χ2v) is 8.35. The lowest BCUT2D eigenvalue weighted by Gasteiger charge is -2.15. The number of alkyl halides is 3. The first kappa shape index (κ1) is 24.1. The molecule has 0 unspecified atom stereocenters. The molecule has 0 fully saturated rings. The molecule has 37 heavy (non-hydrogen) atoms. The molecule has 5 aromatic rings. The number of ether oxygens (including phenoxy) is 1. The highest BCUT2D eigenvalue weighted by Crippen LogP contribution is 2.35. The number of carbonyl (C=O) groups is 1. The van der Waals surface area contributed by atoms with E-state index in [0.29, 0.717) is 33.6 Å². The Morgan fingerprint density at radius 1 is 0.946 bits per heavy atom. The largest absolute Gasteiger partial charge is 0.497 e. The van der Waals surface area contributed by atoms with E-state index in [1.165, 1.54) is 24.3 Å². The van der Waals surface area contributed by atoms with Crippen LogP contribution in [0.2, 0.25) is 0 Å². The van der Waals surface area contributed by atoms with Gasteiger partial charge in [0.1, 0.15) is 11.6 Å². The van der Waals surface area contributed by atoms with Gasteiger partial charge in [-0.2, -0.15) is 18.3 Å². The predicted molar refractivity (Wildman–Crippen MR) is 135 cm³/mol. The van der Waals surface area contributed by atoms with Crippen molar-refractivity contribution < 1.29 is 22.7 Å². The van der Waals surface area contributed by atoms with Crippen LogP contribution >= 0.6 is 0 Å². The van der Waals surface area contributed by atoms with Crippen LogP contribution in [0.3, 0.4) is 0 Å². The molecule has 2 aromatic heterocycles. The highest BCUT2D eigenvalue weighted by atomic mass is 19.4. The minimum absolute atomic E-state index is 0.117. The standard InChI is InChI=1S/C28H21F3N4O2/c1-17-15-26(35(34-17)25-10-6-4-8-22(25)28(29,30)31)33-27(36)21-16-24(18-11-13-19(37-2)14-12-18)32-23-9-5-3-7-20(21)23/h3-16H,1-2H3,(H,33,36). The van der Waals surface area contributed by atoms with E-state index < -0.39 is 17.6 Å². The fourth-order valence-electron chi connectivity index (χ4n) is 4.13. The number of aromatic nitrogens is 3. The number of para-hydroxylation sites is 2. The molecule has 2 heterocycles. The second-order valence-electron chi connectivity index (χ2n) is 8.35. The van der Waals surface area contributed by atoms with Gasteiger partial charge in [-0.05, 0) is 55.5 Å². The number of hydrogen-bond acceptors (Lipinski definition) is 4. The Hall–Kier alpha value is -4.66. The highest BCUT2D eigenvalue weighted by Gasteiger charge is 2.34. The molecule has 0 bridgehead atoms. The summed E-state index contributed by atoms with van der Waals surface area (Å²) in [5.74, 6) is 0.301. The smallest absolute Gasteiger partial charge is 0.418 e. The van der Waals surface area contributed by atoms with Crippen LogP contribution in [0.5, 0.6) is 5.75 Å². The summed E-state index contributed by atoms with van der Waals surface area (Å²) in [7, 11) is 1.57. The number of pyridine rings is 1. The average molecular weight is 502 g/mol. The summed E-state index contributed by atoms with van der Waals surface area (Å²) in [6.07, 6.45) is -4.59. The lowest BCUT2D eigenvalue weighted by Crippen LogP contribution is -2.18. The summed E-state index contributed by atoms with van der Waals surface area (Å²) in [5, 5.41) is 7.59. The Morgan fingerprint density at radius 3 is 2.38 bits per heavy atom. The number of hydrogen-bond donors (Lipinski definition) is 1. The zero-order valence-corrected chi connectivity index (χ0v) is 19.9. The van der Waals surface area contributed by atoms with E-state index >= 15 is 0 Å². The maximum absolute atomic E-state index is 13.7. The van der Waals surface area contributed by atoms with Gasteiger partial charge in [-0.15, -0.1) is 0 Å². The average Bonchev–Trinajstić information content (AvgIpc) is 3.27. The SMILES string of the molecule is COc1ccc(-c2cc(C(=O)Nc3cc(C)nn3-c3ccccc3C(F)(F)F)c3ccccc3n2)cc1. The third kappa shape index (κ3) is 4.75. The Bertz CT molecular complexity index is 1610. The Morgan fingerprint density at radius 2 is 1.65 bits per heavy atom. The molecule has 1 amide bonds. The number of benzene rings is 3. The van der Waals surface area contributed by atoms with Crippen molar-refractivity contribution in [2.24, 2.45) is 0 Å². The van der Waals surface area contributed by atoms with Crippen molar-refractivity contribution >= 4 is 22.6 Å². The summed E-state index contributed by atoms with van der Waals surface area (Å²) < 4.78 is 47.4. The maximum Gasteiger partial charge on any atom is 0.418 e. The number of anilines is 1. The molecule has 5 rings (SSSR count). The summed E-state index contributed by atoms with van der Waals surface area (Å²) in [4.78, 5) is 18.3. The maximum atomic E-state index is 13.7. The number of amides is 1. The molecule has 0 spiro atoms. The van der Waals surface area contributed by atoms with Crippen molar-refractivity contribution in [2.45, 2.75) is 13.1 Å². The summed E-state index contributed by atoms with van der Waals surface area (Å²) in [5.41, 5.74) is 1.69. The van der Waals surface area contributed by atoms with Crippen LogP contribution in [0.1, 0.15) is 21.6 Å². The number of rotatable bonds is 5. The topological polar surface area (TPSA) is 69.0 Å². The molecule has 0 aliphatic carbocycles. The van der Waals surface area contributed by atoms with Gasteiger partial charge in [0.05, 0.1) is 40.8 Å². The third-order valence-corrected chi connectivity index (χ3v) is 5.86. The molecule has 186 valence electrons. The number of nitrogens with one attached hydrogen (secondary N) is 1. The molecule has 0 aliphatic heterocycles. The Balaban J connectivity index is 1.58. The van der Waals surface area contributed by atoms with E-state index in [9.17, 15) is 18.0 Å². The highest BCUT2D eigenvalue weighted by molar-refractivity contribution is 6.13. The normalized spacial score (nSPS) is 11.5. The molecular formula is C28H21F3N4O2. The van der Waals surface area contributed by atoms with Gasteiger partial charge in [-0.25, -0.2) is 9.67 Å². The molecule has 0 atom stereocenters. The van der Waals surface area contributed by atoms with Crippen molar-refractivity contribution in [3.8, 4) is 22.7 Å². The van der Waals surface area contributed by atoms with Crippen LogP contribution in [-0.4, -0.2) is 27.8 Å². The molecule has 1 N–H and O–H groups in total. The van der Waals surface area contributed by atoms with Crippen molar-refractivity contribution in [3.63, 3.8) is 0 Å². The molecular weight excluding hydrogens is 481 g/mol. The quantitative estimate of drug-likeness (QED) is 0.291. The molecule has 6 nitrogen and oxygen atoms in total. The van der Waals surface area contributed by atoms with E-state index in [-0.39, 0.29) is 11.5 Å². The van der Waals surface area contributed by atoms with Crippen LogP contribution < -0.4 is 10.1 Å². The lowest BCUT2D eigenvalue weighted by molar-refractivity contribution is -0.137. The molecule has 0 radical (unpaired) electrons. The number of methoxy groups -OCH3 is 1. The zero-order valence-electron chi connectivity index (χ0n) is 19.9. The summed E-state index contributed by atoms with van der Waals surface area (Å²) >= 11 is 0. The van der Waals surface area contributed by atoms with Crippen molar-refractivity contribution in [3.05, 3.63) is 102 Å². The zero-order chi connectivity index (χ0) is 26.2. The van der Waals surface area contributed by atoms with Crippen LogP contribution in [-0.2, 0) is 6.18 Å². The predicted octanol–water partition coefficient (Wildman–Crippen LogP) is 6.68. The third-order valence-electron chi connectivity index (χ3n) is 5.86. The van der Waals surface area contributed by atoms with E-state index in [2.05, 4.69) is 10.4 Å². The fraction of sp³-hybridized carbons (Fsp3) is 0.107. The summed E-state index contributed by atoms with van der Waals surface area (Å²) in [6.45, 7) is 1.64. The minimum Gasteiger partial charge on any atom is -0.497 e. The number of fused-ring (bicyclic) bond motifs is 1. The second kappa shape index (κ2) is 9.42. The van der Waals surface area contributed by atoms with Crippen molar-refractivity contribution in [1.29, 1.82) is 0 Å². The van der Waals surface area contributed by atoms with Crippen LogP contribution in [0, 0.1) is 6.92 Å². The number of halogens is 3. The first-order chi connectivity index (χ1) is 17.7. The van der Waals surface area contributed by atoms with Gasteiger partial charge in [-0.3, -0.25) is 4.79 Å². The van der Waals surface area contributed by atoms with Gasteiger partial charge in [0.15, 0.2) is 0 Å². The van der Waals surface area contributed by atoms with Gasteiger partial charge in [0.25, 0.3) is 5.91 Å². The fourth-order valence-corrected chi connectivity index (χ4v) is 4.13. The van der Waals surface area contributed by atoms with Crippen LogP contribution in [0.25, 0.3) is 27.8 Å². The van der Waals surface area contributed by atoms with Crippen LogP contribution in [0.15, 0.2) is 84.9 Å². The van der Waals surface area contributed by atoms with Crippen molar-refractivity contribution in [1.82, 2.24) is 14.8 Å². The minimum atomic E-state index is -4.59. The number of carbonyl (C=O) groups excluding carboxylic acids is 1. The van der Waals surface area contributed by atoms with Gasteiger partial charge < -0.3 is 10.1 Å². The van der Waals surface area contributed by atoms with E-state index in [4.69, 9.17) is 9.72 Å². The molecule has 9 heteroatoms. The molecule has 0 saturated heterocycles. The van der Waals surface area contributed by atoms with Crippen LogP contribution in [0.4, 0.5) is 19.0 Å². The van der Waals surface area contributed by atoms with Gasteiger partial charge >= 0.3 is 6.18 Å². The molecule has 0 saturated carbocycles. The van der Waals surface area contributed by atoms with Crippen molar-refractivity contribution in [2.75, 3.05) is 12.4 Å². The number of nitrogens with zero attached hydrogens (tertiary/aromatic N) is 3. The van der Waals surface area contributed by atoms with E-state index in [1.807, 2.05) is 18.2 Å². The Labute approximate surface area is 210 Å². The first-order valence-corrected chi connectivity index (χ1v) is 11.3. The molecule has 3 aromatic carbocycles. The van der Waals surface area contributed by atoms with Gasteiger partial charge in [-0.1, -0.05) is 30.3 Å². The van der Waals surface area contributed by atoms with E-state index in [0.717, 1.165) is 16.3 Å².